The highest BCUT2D eigenvalue weighted by Crippen LogP contribution is 2.39. The third-order valence-electron chi connectivity index (χ3n) is 6.44. The molecule has 0 radical (unpaired) electrons. The quantitative estimate of drug-likeness (QED) is 0.838. The highest BCUT2D eigenvalue weighted by atomic mass is 16.5. The van der Waals surface area contributed by atoms with Crippen molar-refractivity contribution in [3.05, 3.63) is 59.2 Å². The largest absolute Gasteiger partial charge is 0.493 e. The summed E-state index contributed by atoms with van der Waals surface area (Å²) in [6.45, 7) is 3.52. The van der Waals surface area contributed by atoms with Crippen molar-refractivity contribution in [3.63, 3.8) is 0 Å². The molecule has 0 saturated carbocycles. The molecule has 1 fully saturated rings. The maximum Gasteiger partial charge on any atom is 0.166 e. The number of Topliss-reactive ketones (excluding diaryl/α,β-unsaturated/α-hetero) is 1. The summed E-state index contributed by atoms with van der Waals surface area (Å²) in [5.74, 6) is 2.43. The van der Waals surface area contributed by atoms with E-state index in [0.717, 1.165) is 30.5 Å². The van der Waals surface area contributed by atoms with Crippen LogP contribution in [0.15, 0.2) is 42.5 Å². The molecule has 28 heavy (non-hydrogen) atoms. The molecule has 0 spiro atoms. The van der Waals surface area contributed by atoms with Gasteiger partial charge in [-0.2, -0.15) is 0 Å². The number of likely N-dealkylation sites (tertiary alicyclic amines) is 1. The zero-order valence-corrected chi connectivity index (χ0v) is 16.9. The van der Waals surface area contributed by atoms with Crippen LogP contribution in [0, 0.1) is 11.8 Å². The Kier molecular flexibility index (Phi) is 5.67. The summed E-state index contributed by atoms with van der Waals surface area (Å²) >= 11 is 0. The number of ketones is 1. The SMILES string of the molecule is COc1cc2c(cc1OC)C(=O)[C@@H](CC1CC[NH+](Cc3ccccc3)CC1)C2. The fraction of sp³-hybridized carbons (Fsp3) is 0.458. The highest BCUT2D eigenvalue weighted by Gasteiger charge is 2.35. The predicted molar refractivity (Wildman–Crippen MR) is 109 cm³/mol. The number of ether oxygens (including phenoxy) is 2. The minimum absolute atomic E-state index is 0.118. The van der Waals surface area contributed by atoms with Gasteiger partial charge in [0.25, 0.3) is 0 Å². The number of quaternary nitrogens is 1. The van der Waals surface area contributed by atoms with Gasteiger partial charge >= 0.3 is 0 Å². The molecule has 2 aromatic rings. The van der Waals surface area contributed by atoms with Gasteiger partial charge in [-0.1, -0.05) is 30.3 Å². The van der Waals surface area contributed by atoms with Crippen LogP contribution in [0.5, 0.6) is 11.5 Å². The molecule has 4 rings (SSSR count). The third kappa shape index (κ3) is 3.93. The van der Waals surface area contributed by atoms with Crippen LogP contribution in [-0.4, -0.2) is 33.1 Å². The van der Waals surface area contributed by atoms with Gasteiger partial charge in [0.15, 0.2) is 17.3 Å². The molecule has 2 aliphatic rings. The summed E-state index contributed by atoms with van der Waals surface area (Å²) < 4.78 is 10.8. The molecular formula is C24H30NO3+. The van der Waals surface area contributed by atoms with Crippen molar-refractivity contribution in [2.45, 2.75) is 32.2 Å². The topological polar surface area (TPSA) is 40.0 Å². The Labute approximate surface area is 167 Å². The van der Waals surface area contributed by atoms with E-state index in [4.69, 9.17) is 9.47 Å². The first-order valence-electron chi connectivity index (χ1n) is 10.3. The van der Waals surface area contributed by atoms with E-state index in [1.54, 1.807) is 19.1 Å². The number of hydrogen-bond donors (Lipinski definition) is 1. The van der Waals surface area contributed by atoms with E-state index in [2.05, 4.69) is 30.3 Å². The smallest absolute Gasteiger partial charge is 0.166 e. The first-order chi connectivity index (χ1) is 13.7. The van der Waals surface area contributed by atoms with Gasteiger partial charge in [-0.05, 0) is 49.3 Å². The monoisotopic (exact) mass is 380 g/mol. The molecule has 4 heteroatoms. The molecule has 1 aliphatic carbocycles. The molecule has 0 unspecified atom stereocenters. The minimum atomic E-state index is 0.118. The van der Waals surface area contributed by atoms with E-state index >= 15 is 0 Å². The summed E-state index contributed by atoms with van der Waals surface area (Å²) in [5.41, 5.74) is 3.36. The lowest BCUT2D eigenvalue weighted by atomic mass is 9.85. The average Bonchev–Trinajstić information content (AvgIpc) is 3.03. The lowest BCUT2D eigenvalue weighted by molar-refractivity contribution is -0.919. The van der Waals surface area contributed by atoms with Crippen LogP contribution in [0.3, 0.4) is 0 Å². The second kappa shape index (κ2) is 8.36. The maximum absolute atomic E-state index is 12.9. The Hall–Kier alpha value is -2.33. The number of rotatable bonds is 6. The fourth-order valence-corrected chi connectivity index (χ4v) is 4.87. The Bertz CT molecular complexity index is 825. The predicted octanol–water partition coefficient (Wildman–Crippen LogP) is 2.94. The van der Waals surface area contributed by atoms with Crippen molar-refractivity contribution >= 4 is 5.78 Å². The first kappa shape index (κ1) is 19.0. The average molecular weight is 381 g/mol. The van der Waals surface area contributed by atoms with E-state index in [-0.39, 0.29) is 11.7 Å². The van der Waals surface area contributed by atoms with Gasteiger partial charge in [-0.25, -0.2) is 0 Å². The number of carbonyl (C=O) groups excluding carboxylic acids is 1. The number of methoxy groups -OCH3 is 2. The number of fused-ring (bicyclic) bond motifs is 1. The summed E-state index contributed by atoms with van der Waals surface area (Å²) in [7, 11) is 3.26. The van der Waals surface area contributed by atoms with Crippen LogP contribution in [0.2, 0.25) is 0 Å². The summed E-state index contributed by atoms with van der Waals surface area (Å²) in [5, 5.41) is 0. The van der Waals surface area contributed by atoms with Crippen LogP contribution < -0.4 is 14.4 Å². The lowest BCUT2D eigenvalue weighted by Gasteiger charge is -2.30. The number of piperidine rings is 1. The van der Waals surface area contributed by atoms with E-state index in [1.807, 2.05) is 12.1 Å². The molecule has 0 amide bonds. The van der Waals surface area contributed by atoms with Crippen molar-refractivity contribution in [1.82, 2.24) is 0 Å². The number of benzene rings is 2. The molecule has 1 atom stereocenters. The first-order valence-corrected chi connectivity index (χ1v) is 10.3. The van der Waals surface area contributed by atoms with Crippen molar-refractivity contribution in [2.24, 2.45) is 11.8 Å². The molecule has 1 N–H and O–H groups in total. The Balaban J connectivity index is 1.34. The van der Waals surface area contributed by atoms with Gasteiger partial charge in [-0.3, -0.25) is 4.79 Å². The second-order valence-corrected chi connectivity index (χ2v) is 8.22. The van der Waals surface area contributed by atoms with E-state index in [0.29, 0.717) is 17.4 Å². The van der Waals surface area contributed by atoms with Gasteiger partial charge in [-0.15, -0.1) is 0 Å². The zero-order chi connectivity index (χ0) is 19.5. The number of hydrogen-bond acceptors (Lipinski definition) is 3. The summed E-state index contributed by atoms with van der Waals surface area (Å²) in [4.78, 5) is 14.6. The molecule has 148 valence electrons. The molecule has 4 nitrogen and oxygen atoms in total. The molecule has 1 heterocycles. The molecule has 1 aliphatic heterocycles. The van der Waals surface area contributed by atoms with Gasteiger partial charge < -0.3 is 14.4 Å². The Morgan fingerprint density at radius 2 is 1.68 bits per heavy atom. The third-order valence-corrected chi connectivity index (χ3v) is 6.44. The van der Waals surface area contributed by atoms with E-state index < -0.39 is 0 Å². The minimum Gasteiger partial charge on any atom is -0.493 e. The zero-order valence-electron chi connectivity index (χ0n) is 16.9. The molecular weight excluding hydrogens is 350 g/mol. The van der Waals surface area contributed by atoms with Crippen molar-refractivity contribution in [3.8, 4) is 11.5 Å². The van der Waals surface area contributed by atoms with E-state index in [9.17, 15) is 4.79 Å². The standard InChI is InChI=1S/C24H29NO3/c1-27-22-14-19-13-20(24(26)21(19)15-23(22)28-2)12-17-8-10-25(11-9-17)16-18-6-4-3-5-7-18/h3-7,14-15,17,20H,8-13,16H2,1-2H3/p+1/t20-/m0/s1. The normalized spacial score (nSPS) is 24.1. The molecule has 2 aromatic carbocycles. The summed E-state index contributed by atoms with van der Waals surface area (Å²) in [6.07, 6.45) is 4.28. The Morgan fingerprint density at radius 3 is 2.36 bits per heavy atom. The number of carbonyl (C=O) groups is 1. The Morgan fingerprint density at radius 1 is 1.00 bits per heavy atom. The maximum atomic E-state index is 12.9. The molecule has 0 aromatic heterocycles. The van der Waals surface area contributed by atoms with Gasteiger partial charge in [0.05, 0.1) is 27.3 Å². The van der Waals surface area contributed by atoms with Crippen LogP contribution in [0.1, 0.15) is 40.7 Å². The van der Waals surface area contributed by atoms with Crippen LogP contribution in [-0.2, 0) is 13.0 Å². The molecule has 1 saturated heterocycles. The van der Waals surface area contributed by atoms with Crippen LogP contribution >= 0.6 is 0 Å². The highest BCUT2D eigenvalue weighted by molar-refractivity contribution is 6.02. The number of nitrogens with one attached hydrogen (secondary N) is 1. The second-order valence-electron chi connectivity index (χ2n) is 8.22. The summed E-state index contributed by atoms with van der Waals surface area (Å²) in [6, 6.07) is 14.6. The van der Waals surface area contributed by atoms with Crippen molar-refractivity contribution in [1.29, 1.82) is 0 Å². The van der Waals surface area contributed by atoms with Crippen LogP contribution in [0.25, 0.3) is 0 Å². The lowest BCUT2D eigenvalue weighted by Crippen LogP contribution is -3.11. The fourth-order valence-electron chi connectivity index (χ4n) is 4.87. The molecule has 0 bridgehead atoms. The van der Waals surface area contributed by atoms with Crippen LogP contribution in [0.4, 0.5) is 0 Å². The van der Waals surface area contributed by atoms with Gasteiger partial charge in [0.1, 0.15) is 6.54 Å². The van der Waals surface area contributed by atoms with Crippen molar-refractivity contribution < 1.29 is 19.2 Å². The van der Waals surface area contributed by atoms with Gasteiger partial charge in [0, 0.05) is 17.0 Å². The van der Waals surface area contributed by atoms with Crippen molar-refractivity contribution in [2.75, 3.05) is 27.3 Å². The van der Waals surface area contributed by atoms with E-state index in [1.165, 1.54) is 31.5 Å². The van der Waals surface area contributed by atoms with Gasteiger partial charge in [0.2, 0.25) is 0 Å².